The molecule has 0 radical (unpaired) electrons. The van der Waals surface area contributed by atoms with Gasteiger partial charge < -0.3 is 10.4 Å². The average Bonchev–Trinajstić information content (AvgIpc) is 2.64. The number of nitrogens with zero attached hydrogens (tertiary/aromatic N) is 3. The zero-order valence-electron chi connectivity index (χ0n) is 12.6. The van der Waals surface area contributed by atoms with Crippen LogP contribution >= 0.6 is 15.9 Å². The molecule has 126 valence electrons. The highest BCUT2D eigenvalue weighted by molar-refractivity contribution is 9.08. The summed E-state index contributed by atoms with van der Waals surface area (Å²) >= 11 is 3.14. The molecule has 0 saturated heterocycles. The van der Waals surface area contributed by atoms with Gasteiger partial charge in [0.15, 0.2) is 0 Å². The smallest absolute Gasteiger partial charge is 0.335 e. The maximum atomic E-state index is 12.8. The molecule has 0 atom stereocenters. The van der Waals surface area contributed by atoms with E-state index < -0.39 is 10.7 Å². The van der Waals surface area contributed by atoms with Gasteiger partial charge in [-0.1, -0.05) is 28.1 Å². The van der Waals surface area contributed by atoms with Crippen LogP contribution in [0, 0.1) is 20.5 Å². The summed E-state index contributed by atoms with van der Waals surface area (Å²) in [6.45, 7) is 0. The standard InChI is InChI=1S/C16H10BrN3O5/c17-9-14-15(16(21)10-5-7-11(8-6-10)20(24)25)19(23)13-4-2-1-3-12(13)18(14)22/h1-8H,9H2. The van der Waals surface area contributed by atoms with Crippen LogP contribution in [-0.4, -0.2) is 10.7 Å². The summed E-state index contributed by atoms with van der Waals surface area (Å²) in [6, 6.07) is 11.0. The Hall–Kier alpha value is -3.07. The Kier molecular flexibility index (Phi) is 4.32. The highest BCUT2D eigenvalue weighted by Crippen LogP contribution is 2.18. The molecular formula is C16H10BrN3O5. The zero-order valence-corrected chi connectivity index (χ0v) is 14.2. The second kappa shape index (κ2) is 6.44. The van der Waals surface area contributed by atoms with Gasteiger partial charge in [0, 0.05) is 29.8 Å². The highest BCUT2D eigenvalue weighted by atomic mass is 79.9. The molecule has 2 aromatic carbocycles. The molecule has 0 fully saturated rings. The Morgan fingerprint density at radius 2 is 1.56 bits per heavy atom. The Labute approximate surface area is 149 Å². The lowest BCUT2D eigenvalue weighted by molar-refractivity contribution is -0.635. The largest absolute Gasteiger partial charge is 0.618 e. The molecule has 0 aliphatic carbocycles. The number of para-hydroxylation sites is 2. The fraction of sp³-hybridized carbons (Fsp3) is 0.0625. The van der Waals surface area contributed by atoms with Crippen LogP contribution in [0.4, 0.5) is 5.69 Å². The van der Waals surface area contributed by atoms with Crippen molar-refractivity contribution in [3.05, 3.63) is 86.0 Å². The Morgan fingerprint density at radius 1 is 1.00 bits per heavy atom. The van der Waals surface area contributed by atoms with Gasteiger partial charge in [0.2, 0.25) is 0 Å². The van der Waals surface area contributed by atoms with Gasteiger partial charge in [-0.3, -0.25) is 14.9 Å². The number of benzene rings is 2. The minimum atomic E-state index is -0.685. The molecule has 0 bridgehead atoms. The predicted octanol–water partition coefficient (Wildman–Crippen LogP) is 2.14. The van der Waals surface area contributed by atoms with Gasteiger partial charge in [0.1, 0.15) is 0 Å². The van der Waals surface area contributed by atoms with Gasteiger partial charge in [-0.2, -0.15) is 9.46 Å². The third-order valence-corrected chi connectivity index (χ3v) is 4.25. The molecule has 8 nitrogen and oxygen atoms in total. The van der Waals surface area contributed by atoms with Crippen LogP contribution in [0.2, 0.25) is 0 Å². The van der Waals surface area contributed by atoms with Crippen LogP contribution < -0.4 is 9.46 Å². The monoisotopic (exact) mass is 403 g/mol. The quantitative estimate of drug-likeness (QED) is 0.165. The van der Waals surface area contributed by atoms with E-state index >= 15 is 0 Å². The number of halogens is 1. The first-order chi connectivity index (χ1) is 12.0. The molecule has 9 heteroatoms. The second-order valence-corrected chi connectivity index (χ2v) is 5.70. The van der Waals surface area contributed by atoms with Crippen molar-refractivity contribution >= 4 is 38.4 Å². The number of ketones is 1. The second-order valence-electron chi connectivity index (χ2n) is 5.14. The van der Waals surface area contributed by atoms with Crippen molar-refractivity contribution in [2.75, 3.05) is 0 Å². The first-order valence-corrected chi connectivity index (χ1v) is 8.19. The molecule has 1 heterocycles. The van der Waals surface area contributed by atoms with Crippen molar-refractivity contribution in [3.8, 4) is 0 Å². The molecule has 0 saturated carbocycles. The number of fused-ring (bicyclic) bond motifs is 1. The van der Waals surface area contributed by atoms with Crippen molar-refractivity contribution in [1.82, 2.24) is 0 Å². The van der Waals surface area contributed by atoms with E-state index in [1.165, 1.54) is 36.4 Å². The molecule has 0 N–H and O–H groups in total. The first-order valence-electron chi connectivity index (χ1n) is 7.07. The number of hydrogen-bond acceptors (Lipinski definition) is 5. The first kappa shape index (κ1) is 16.8. The Morgan fingerprint density at radius 3 is 2.08 bits per heavy atom. The Balaban J connectivity index is 2.22. The third-order valence-electron chi connectivity index (χ3n) is 3.72. The maximum absolute atomic E-state index is 12.8. The van der Waals surface area contributed by atoms with E-state index in [0.717, 1.165) is 0 Å². The van der Waals surface area contributed by atoms with Crippen LogP contribution in [0.1, 0.15) is 21.7 Å². The van der Waals surface area contributed by atoms with E-state index in [1.807, 2.05) is 0 Å². The molecule has 0 aliphatic rings. The van der Waals surface area contributed by atoms with Gasteiger partial charge in [0.05, 0.1) is 10.3 Å². The van der Waals surface area contributed by atoms with E-state index in [-0.39, 0.29) is 39.0 Å². The lowest BCUT2D eigenvalue weighted by atomic mass is 10.1. The molecular weight excluding hydrogens is 394 g/mol. The van der Waals surface area contributed by atoms with Crippen LogP contribution in [-0.2, 0) is 5.33 Å². The van der Waals surface area contributed by atoms with Gasteiger partial charge >= 0.3 is 5.69 Å². The average molecular weight is 404 g/mol. The predicted molar refractivity (Wildman–Crippen MR) is 91.0 cm³/mol. The minimum Gasteiger partial charge on any atom is -0.618 e. The van der Waals surface area contributed by atoms with E-state index in [0.29, 0.717) is 9.46 Å². The number of non-ortho nitro benzene ring substituents is 1. The van der Waals surface area contributed by atoms with E-state index in [9.17, 15) is 25.3 Å². The van der Waals surface area contributed by atoms with Gasteiger partial charge in [-0.25, -0.2) is 0 Å². The summed E-state index contributed by atoms with van der Waals surface area (Å²) in [5.74, 6) is -0.685. The van der Waals surface area contributed by atoms with Gasteiger partial charge in [-0.15, -0.1) is 0 Å². The summed E-state index contributed by atoms with van der Waals surface area (Å²) in [6.07, 6.45) is 0. The minimum absolute atomic E-state index is 0.00235. The SMILES string of the molecule is O=C(c1ccc([N+](=O)[O-])cc1)c1c(CBr)[n+]([O-])c2ccccc2[n+]1[O-]. The Bertz CT molecular complexity index is 1000. The number of rotatable bonds is 4. The normalized spacial score (nSPS) is 10.8. The number of carbonyl (C=O) groups is 1. The maximum Gasteiger partial charge on any atom is 0.335 e. The van der Waals surface area contributed by atoms with Crippen molar-refractivity contribution in [2.24, 2.45) is 0 Å². The van der Waals surface area contributed by atoms with Gasteiger partial charge in [-0.05, 0) is 12.1 Å². The van der Waals surface area contributed by atoms with Crippen LogP contribution in [0.5, 0.6) is 0 Å². The number of alkyl halides is 1. The molecule has 0 unspecified atom stereocenters. The van der Waals surface area contributed by atoms with E-state index in [2.05, 4.69) is 15.9 Å². The van der Waals surface area contributed by atoms with Crippen molar-refractivity contribution in [2.45, 2.75) is 5.33 Å². The molecule has 0 aliphatic heterocycles. The van der Waals surface area contributed by atoms with E-state index in [1.54, 1.807) is 12.1 Å². The summed E-state index contributed by atoms with van der Waals surface area (Å²) in [7, 11) is 0. The number of carbonyl (C=O) groups excluding carboxylic acids is 1. The molecule has 3 rings (SSSR count). The molecule has 0 spiro atoms. The third kappa shape index (κ3) is 2.78. The lowest BCUT2D eigenvalue weighted by Gasteiger charge is -2.11. The van der Waals surface area contributed by atoms with Crippen LogP contribution in [0.15, 0.2) is 48.5 Å². The lowest BCUT2D eigenvalue weighted by Crippen LogP contribution is -2.47. The summed E-state index contributed by atoms with van der Waals surface area (Å²) in [5.41, 5.74) is -0.242. The summed E-state index contributed by atoms with van der Waals surface area (Å²) in [4.78, 5) is 22.9. The van der Waals surface area contributed by atoms with Crippen molar-refractivity contribution in [3.63, 3.8) is 0 Å². The molecule has 0 amide bonds. The number of nitro groups is 1. The highest BCUT2D eigenvalue weighted by Gasteiger charge is 2.33. The number of aromatic nitrogens is 2. The zero-order chi connectivity index (χ0) is 18.1. The fourth-order valence-corrected chi connectivity index (χ4v) is 2.99. The van der Waals surface area contributed by atoms with Crippen molar-refractivity contribution < 1.29 is 19.2 Å². The van der Waals surface area contributed by atoms with Crippen molar-refractivity contribution in [1.29, 1.82) is 0 Å². The van der Waals surface area contributed by atoms with Gasteiger partial charge in [0.25, 0.3) is 28.2 Å². The molecule has 3 aromatic rings. The number of hydrogen-bond donors (Lipinski definition) is 0. The molecule has 25 heavy (non-hydrogen) atoms. The van der Waals surface area contributed by atoms with Crippen LogP contribution in [0.25, 0.3) is 11.0 Å². The van der Waals surface area contributed by atoms with E-state index in [4.69, 9.17) is 0 Å². The topological polar surface area (TPSA) is 114 Å². The summed E-state index contributed by atoms with van der Waals surface area (Å²) in [5, 5.41) is 35.9. The summed E-state index contributed by atoms with van der Waals surface area (Å²) < 4.78 is 0.960. The molecule has 1 aromatic heterocycles. The van der Waals surface area contributed by atoms with Crippen LogP contribution in [0.3, 0.4) is 0 Å². The number of nitro benzene ring substituents is 1. The fourth-order valence-electron chi connectivity index (χ4n) is 2.50.